The first kappa shape index (κ1) is 24.9. The van der Waals surface area contributed by atoms with E-state index in [2.05, 4.69) is 0 Å². The lowest BCUT2D eigenvalue weighted by atomic mass is 10.5. The number of hydrogen-bond acceptors (Lipinski definition) is 3. The van der Waals surface area contributed by atoms with E-state index in [0.29, 0.717) is 0 Å². The van der Waals surface area contributed by atoms with Gasteiger partial charge in [-0.2, -0.15) is 0 Å². The highest BCUT2D eigenvalue weighted by atomic mass is 35.5. The SMILES string of the molecule is CC(Cl)C(Cl)(Cl)OP(OC(Cl)(Cl)C(C)Cl)OC(Cl)(Cl)C(C)Cl. The van der Waals surface area contributed by atoms with Gasteiger partial charge >= 0.3 is 8.60 Å². The third-order valence-electron chi connectivity index (χ3n) is 1.98. The Hall–Kier alpha value is 2.92. The molecule has 0 saturated heterocycles. The molecule has 0 rings (SSSR count). The first-order chi connectivity index (χ1) is 9.62. The van der Waals surface area contributed by atoms with Gasteiger partial charge in [0.25, 0.3) is 0 Å². The molecule has 0 spiro atoms. The molecule has 3 atom stereocenters. The number of halogens is 9. The number of hydrogen-bond donors (Lipinski definition) is 0. The van der Waals surface area contributed by atoms with Crippen LogP contribution in [0.4, 0.5) is 0 Å². The maximum absolute atomic E-state index is 5.91. The monoisotopic (exact) mass is 514 g/mol. The second-order valence-corrected chi connectivity index (χ2v) is 10.9. The smallest absolute Gasteiger partial charge is 0.273 e. The second-order valence-electron chi connectivity index (χ2n) is 4.03. The molecule has 0 saturated carbocycles. The van der Waals surface area contributed by atoms with Crippen molar-refractivity contribution in [3.05, 3.63) is 0 Å². The molecular weight excluding hydrogens is 506 g/mol. The highest BCUT2D eigenvalue weighted by Crippen LogP contribution is 2.58. The van der Waals surface area contributed by atoms with Crippen molar-refractivity contribution >= 4 is 113 Å². The van der Waals surface area contributed by atoms with Gasteiger partial charge in [0, 0.05) is 0 Å². The Morgan fingerprint density at radius 1 is 0.591 bits per heavy atom. The van der Waals surface area contributed by atoms with E-state index < -0.39 is 38.3 Å². The maximum atomic E-state index is 5.91. The highest BCUT2D eigenvalue weighted by molar-refractivity contribution is 7.42. The van der Waals surface area contributed by atoms with Gasteiger partial charge in [0.2, 0.25) is 13.6 Å². The van der Waals surface area contributed by atoms with Crippen LogP contribution >= 0.6 is 113 Å². The highest BCUT2D eigenvalue weighted by Gasteiger charge is 2.46. The standard InChI is InChI=1S/C9H12Cl9O3P/c1-4(10)7(13,14)19-22(20-8(15,16)5(2)11)21-9(17,18)6(3)12/h4-6H,1-3H3. The third-order valence-corrected chi connectivity index (χ3v) is 7.95. The summed E-state index contributed by atoms with van der Waals surface area (Å²) in [5.41, 5.74) is 0. The summed E-state index contributed by atoms with van der Waals surface area (Å²) in [5.74, 6) is 0. The molecule has 0 aliphatic rings. The van der Waals surface area contributed by atoms with Crippen LogP contribution in [0.15, 0.2) is 0 Å². The van der Waals surface area contributed by atoms with E-state index in [0.717, 1.165) is 0 Å². The number of alkyl halides is 9. The van der Waals surface area contributed by atoms with Crippen molar-refractivity contribution in [2.45, 2.75) is 50.5 Å². The molecule has 0 amide bonds. The van der Waals surface area contributed by atoms with Crippen molar-refractivity contribution in [2.24, 2.45) is 0 Å². The van der Waals surface area contributed by atoms with E-state index in [1.807, 2.05) is 0 Å². The van der Waals surface area contributed by atoms with Gasteiger partial charge in [0.1, 0.15) is 0 Å². The molecule has 3 unspecified atom stereocenters. The molecule has 0 bridgehead atoms. The zero-order valence-electron chi connectivity index (χ0n) is 11.3. The van der Waals surface area contributed by atoms with Gasteiger partial charge < -0.3 is 0 Å². The van der Waals surface area contributed by atoms with Gasteiger partial charge in [-0.15, -0.1) is 34.8 Å². The summed E-state index contributed by atoms with van der Waals surface area (Å²) in [6.45, 7) is 4.44. The molecule has 3 nitrogen and oxygen atoms in total. The molecular formula is C9H12Cl9O3P. The van der Waals surface area contributed by atoms with E-state index in [4.69, 9.17) is 118 Å². The largest absolute Gasteiger partial charge is 0.341 e. The fraction of sp³-hybridized carbons (Fsp3) is 1.00. The van der Waals surface area contributed by atoms with E-state index in [9.17, 15) is 0 Å². The summed E-state index contributed by atoms with van der Waals surface area (Å²) in [4.78, 5) is 0. The first-order valence-electron chi connectivity index (χ1n) is 5.55. The quantitative estimate of drug-likeness (QED) is 0.233. The molecule has 0 aromatic carbocycles. The molecule has 22 heavy (non-hydrogen) atoms. The number of rotatable bonds is 9. The zero-order valence-corrected chi connectivity index (χ0v) is 19.0. The van der Waals surface area contributed by atoms with Crippen LogP contribution in [-0.4, -0.2) is 29.7 Å². The van der Waals surface area contributed by atoms with Crippen molar-refractivity contribution in [1.29, 1.82) is 0 Å². The molecule has 0 heterocycles. The van der Waals surface area contributed by atoms with Crippen LogP contribution in [-0.2, 0) is 13.6 Å². The Bertz CT molecular complexity index is 299. The summed E-state index contributed by atoms with van der Waals surface area (Å²) in [6, 6.07) is 0. The average Bonchev–Trinajstić information content (AvgIpc) is 2.25. The Kier molecular flexibility index (Phi) is 11.0. The van der Waals surface area contributed by atoms with Crippen LogP contribution in [0.1, 0.15) is 20.8 Å². The van der Waals surface area contributed by atoms with E-state index in [1.54, 1.807) is 0 Å². The van der Waals surface area contributed by atoms with E-state index >= 15 is 0 Å². The lowest BCUT2D eigenvalue weighted by molar-refractivity contribution is 0.0931. The lowest BCUT2D eigenvalue weighted by Crippen LogP contribution is -2.33. The average molecular weight is 518 g/mol. The van der Waals surface area contributed by atoms with Gasteiger partial charge in [0.15, 0.2) is 0 Å². The van der Waals surface area contributed by atoms with Crippen LogP contribution in [0.2, 0.25) is 0 Å². The van der Waals surface area contributed by atoms with Crippen molar-refractivity contribution in [1.82, 2.24) is 0 Å². The van der Waals surface area contributed by atoms with Gasteiger partial charge in [0.05, 0.1) is 16.1 Å². The predicted molar refractivity (Wildman–Crippen MR) is 99.4 cm³/mol. The Morgan fingerprint density at radius 3 is 0.909 bits per heavy atom. The van der Waals surface area contributed by atoms with Gasteiger partial charge in [-0.25, -0.2) is 0 Å². The molecule has 134 valence electrons. The minimum atomic E-state index is -2.47. The van der Waals surface area contributed by atoms with Crippen molar-refractivity contribution in [3.8, 4) is 0 Å². The zero-order chi connectivity index (χ0) is 17.9. The van der Waals surface area contributed by atoms with Crippen LogP contribution in [0.25, 0.3) is 0 Å². The van der Waals surface area contributed by atoms with Crippen LogP contribution < -0.4 is 0 Å². The predicted octanol–water partition coefficient (Wildman–Crippen LogP) is 7.54. The van der Waals surface area contributed by atoms with Crippen molar-refractivity contribution in [2.75, 3.05) is 0 Å². The molecule has 0 N–H and O–H groups in total. The summed E-state index contributed by atoms with van der Waals surface area (Å²) in [5, 5.41) is -2.56. The minimum absolute atomic E-state index is 0.852. The minimum Gasteiger partial charge on any atom is -0.273 e. The maximum Gasteiger partial charge on any atom is 0.341 e. The topological polar surface area (TPSA) is 27.7 Å². The summed E-state index contributed by atoms with van der Waals surface area (Å²) < 4.78 is 10.0. The fourth-order valence-corrected chi connectivity index (χ4v) is 3.09. The fourth-order valence-electron chi connectivity index (χ4n) is 0.572. The van der Waals surface area contributed by atoms with Gasteiger partial charge in [-0.05, 0) is 20.8 Å². The van der Waals surface area contributed by atoms with Crippen molar-refractivity contribution in [3.63, 3.8) is 0 Å². The first-order valence-corrected chi connectivity index (χ1v) is 10.2. The summed E-state index contributed by atoms with van der Waals surface area (Å²) >= 11 is 52.9. The van der Waals surface area contributed by atoms with Crippen LogP contribution in [0.3, 0.4) is 0 Å². The second kappa shape index (κ2) is 9.74. The summed E-state index contributed by atoms with van der Waals surface area (Å²) in [6.07, 6.45) is 0. The van der Waals surface area contributed by atoms with E-state index in [1.165, 1.54) is 20.8 Å². The molecule has 0 aliphatic carbocycles. The molecule has 13 heteroatoms. The van der Waals surface area contributed by atoms with Crippen molar-refractivity contribution < 1.29 is 13.6 Å². The molecule has 0 aromatic heterocycles. The van der Waals surface area contributed by atoms with Gasteiger partial charge in [-0.3, -0.25) is 13.6 Å². The normalized spacial score (nSPS) is 19.6. The molecule has 0 aliphatic heterocycles. The van der Waals surface area contributed by atoms with Crippen LogP contribution in [0.5, 0.6) is 0 Å². The summed E-state index contributed by atoms with van der Waals surface area (Å²) in [7, 11) is -2.47. The van der Waals surface area contributed by atoms with Crippen LogP contribution in [0, 0.1) is 0 Å². The molecule has 0 aromatic rings. The molecule has 0 fully saturated rings. The Labute approximate surface area is 175 Å². The molecule has 0 radical (unpaired) electrons. The lowest BCUT2D eigenvalue weighted by Gasteiger charge is -2.34. The Balaban J connectivity index is 5.25. The third kappa shape index (κ3) is 8.54. The van der Waals surface area contributed by atoms with E-state index in [-0.39, 0.29) is 0 Å². The Morgan fingerprint density at radius 2 is 0.773 bits per heavy atom. The van der Waals surface area contributed by atoms with Gasteiger partial charge in [-0.1, -0.05) is 69.6 Å².